The molecular weight excluding hydrogens is 683 g/mol. The molecule has 0 amide bonds. The van der Waals surface area contributed by atoms with Crippen LogP contribution in [-0.4, -0.2) is 24.1 Å². The number of hydrogen-bond acceptors (Lipinski definition) is 3. The van der Waals surface area contributed by atoms with Crippen LogP contribution in [0.2, 0.25) is 0 Å². The lowest BCUT2D eigenvalue weighted by molar-refractivity contribution is 1.06. The van der Waals surface area contributed by atoms with Gasteiger partial charge in [0.1, 0.15) is 0 Å². The van der Waals surface area contributed by atoms with Crippen LogP contribution in [0.3, 0.4) is 0 Å². The van der Waals surface area contributed by atoms with Crippen molar-refractivity contribution in [1.29, 1.82) is 0 Å². The van der Waals surface area contributed by atoms with Crippen LogP contribution in [0.4, 0.5) is 0 Å². The molecule has 0 saturated carbocycles. The first-order chi connectivity index (χ1) is 27.8. The molecule has 0 fully saturated rings. The zero-order valence-electron chi connectivity index (χ0n) is 30.3. The lowest BCUT2D eigenvalue weighted by atomic mass is 10.0. The molecule has 0 bridgehead atoms. The van der Waals surface area contributed by atoms with Crippen LogP contribution in [0.5, 0.6) is 0 Å². The van der Waals surface area contributed by atoms with E-state index in [9.17, 15) is 0 Å². The lowest BCUT2D eigenvalue weighted by Crippen LogP contribution is -2.04. The van der Waals surface area contributed by atoms with E-state index in [2.05, 4.69) is 191 Å². The Morgan fingerprint density at radius 2 is 0.679 bits per heavy atom. The Hall–Kier alpha value is -7.63. The maximum absolute atomic E-state index is 5.33. The van der Waals surface area contributed by atoms with Crippen LogP contribution in [0, 0.1) is 0 Å². The maximum Gasteiger partial charge on any atom is 0.166 e. The first kappa shape index (κ1) is 31.9. The predicted octanol–water partition coefficient (Wildman–Crippen LogP) is 12.7. The molecule has 0 aliphatic rings. The van der Waals surface area contributed by atoms with Gasteiger partial charge in [-0.25, -0.2) is 15.0 Å². The van der Waals surface area contributed by atoms with E-state index < -0.39 is 0 Å². The van der Waals surface area contributed by atoms with Gasteiger partial charge in [-0.3, -0.25) is 0 Å². The van der Waals surface area contributed by atoms with Crippen molar-refractivity contribution in [2.45, 2.75) is 0 Å². The number of fused-ring (bicyclic) bond motifs is 6. The Morgan fingerprint density at radius 3 is 1.23 bits per heavy atom. The van der Waals surface area contributed by atoms with Crippen LogP contribution in [0.25, 0.3) is 100 Å². The van der Waals surface area contributed by atoms with Gasteiger partial charge in [0.15, 0.2) is 17.5 Å². The highest BCUT2D eigenvalue weighted by Gasteiger charge is 2.21. The summed E-state index contributed by atoms with van der Waals surface area (Å²) in [5.74, 6) is 1.83. The highest BCUT2D eigenvalue weighted by atomic mass is 15.1. The zero-order valence-corrected chi connectivity index (χ0v) is 30.3. The molecule has 0 spiro atoms. The number of benzene rings is 8. The Kier molecular flexibility index (Phi) is 7.42. The average molecular weight is 716 g/mol. The lowest BCUT2D eigenvalue weighted by Gasteiger charge is -2.17. The van der Waals surface area contributed by atoms with E-state index in [1.807, 2.05) is 18.2 Å². The summed E-state index contributed by atoms with van der Waals surface area (Å²) in [6.45, 7) is 0. The molecule has 8 aromatic carbocycles. The molecule has 0 atom stereocenters. The second-order valence-corrected chi connectivity index (χ2v) is 14.0. The van der Waals surface area contributed by atoms with Crippen LogP contribution in [0.15, 0.2) is 200 Å². The fourth-order valence-electron chi connectivity index (χ4n) is 8.28. The van der Waals surface area contributed by atoms with Gasteiger partial charge < -0.3 is 9.13 Å². The largest absolute Gasteiger partial charge is 0.309 e. The molecule has 3 aromatic heterocycles. The number of rotatable bonds is 6. The van der Waals surface area contributed by atoms with E-state index >= 15 is 0 Å². The van der Waals surface area contributed by atoms with Crippen molar-refractivity contribution < 1.29 is 0 Å². The number of hydrogen-bond donors (Lipinski definition) is 0. The molecule has 0 N–H and O–H groups in total. The summed E-state index contributed by atoms with van der Waals surface area (Å²) < 4.78 is 4.72. The number of aromatic nitrogens is 5. The molecule has 3 heterocycles. The second kappa shape index (κ2) is 13.0. The second-order valence-electron chi connectivity index (χ2n) is 14.0. The zero-order chi connectivity index (χ0) is 37.0. The van der Waals surface area contributed by atoms with E-state index in [-0.39, 0.29) is 0 Å². The van der Waals surface area contributed by atoms with Crippen molar-refractivity contribution in [2.24, 2.45) is 0 Å². The highest BCUT2D eigenvalue weighted by molar-refractivity contribution is 6.11. The van der Waals surface area contributed by atoms with Crippen molar-refractivity contribution in [1.82, 2.24) is 24.1 Å². The molecule has 262 valence electrons. The number of para-hydroxylation sites is 5. The van der Waals surface area contributed by atoms with Crippen molar-refractivity contribution in [3.8, 4) is 56.7 Å². The fourth-order valence-corrected chi connectivity index (χ4v) is 8.28. The smallest absolute Gasteiger partial charge is 0.166 e. The highest BCUT2D eigenvalue weighted by Crippen LogP contribution is 2.39. The van der Waals surface area contributed by atoms with Crippen LogP contribution in [-0.2, 0) is 0 Å². The third-order valence-electron chi connectivity index (χ3n) is 10.8. The molecule has 0 radical (unpaired) electrons. The van der Waals surface area contributed by atoms with Crippen molar-refractivity contribution >= 4 is 43.6 Å². The minimum atomic E-state index is 0.604. The molecule has 0 aliphatic carbocycles. The minimum absolute atomic E-state index is 0.604. The average Bonchev–Trinajstić information content (AvgIpc) is 3.80. The van der Waals surface area contributed by atoms with E-state index in [0.29, 0.717) is 17.5 Å². The summed E-state index contributed by atoms with van der Waals surface area (Å²) in [6.07, 6.45) is 0. The Balaban J connectivity index is 1.18. The topological polar surface area (TPSA) is 48.5 Å². The quantitative estimate of drug-likeness (QED) is 0.172. The van der Waals surface area contributed by atoms with Gasteiger partial charge in [-0.1, -0.05) is 158 Å². The summed E-state index contributed by atoms with van der Waals surface area (Å²) in [5, 5.41) is 4.83. The van der Waals surface area contributed by atoms with Crippen LogP contribution in [0.1, 0.15) is 0 Å². The third-order valence-corrected chi connectivity index (χ3v) is 10.8. The molecule has 5 nitrogen and oxygen atoms in total. The summed E-state index contributed by atoms with van der Waals surface area (Å²) in [4.78, 5) is 15.7. The molecular formula is C51H33N5. The van der Waals surface area contributed by atoms with E-state index in [0.717, 1.165) is 61.3 Å². The van der Waals surface area contributed by atoms with Gasteiger partial charge in [0, 0.05) is 43.8 Å². The summed E-state index contributed by atoms with van der Waals surface area (Å²) in [5.41, 5.74) is 11.6. The molecule has 11 rings (SSSR count). The van der Waals surface area contributed by atoms with Gasteiger partial charge in [0.25, 0.3) is 0 Å². The van der Waals surface area contributed by atoms with Gasteiger partial charge in [-0.05, 0) is 48.0 Å². The Bertz CT molecular complexity index is 3140. The normalized spacial score (nSPS) is 11.6. The SMILES string of the molecule is c1ccc(-c2nc(-c3ccc(-c4ccccc4)c(-n4c5ccccc5c5ccccc54)c3)nc(-c3ccccc3-n3c4ccccc4c4ccccc43)n2)cc1. The first-order valence-corrected chi connectivity index (χ1v) is 18.9. The van der Waals surface area contributed by atoms with Crippen LogP contribution < -0.4 is 0 Å². The molecule has 11 aromatic rings. The summed E-state index contributed by atoms with van der Waals surface area (Å²) in [6, 6.07) is 70.3. The van der Waals surface area contributed by atoms with Gasteiger partial charge in [0.05, 0.1) is 33.4 Å². The fraction of sp³-hybridized carbons (Fsp3) is 0. The summed E-state index contributed by atoms with van der Waals surface area (Å²) in [7, 11) is 0. The van der Waals surface area contributed by atoms with Gasteiger partial charge in [-0.2, -0.15) is 0 Å². The third kappa shape index (κ3) is 5.13. The molecule has 5 heteroatoms. The molecule has 0 saturated heterocycles. The van der Waals surface area contributed by atoms with Crippen molar-refractivity contribution in [2.75, 3.05) is 0 Å². The van der Waals surface area contributed by atoms with Gasteiger partial charge in [-0.15, -0.1) is 0 Å². The summed E-state index contributed by atoms with van der Waals surface area (Å²) >= 11 is 0. The Morgan fingerprint density at radius 1 is 0.268 bits per heavy atom. The minimum Gasteiger partial charge on any atom is -0.309 e. The van der Waals surface area contributed by atoms with Gasteiger partial charge in [0.2, 0.25) is 0 Å². The van der Waals surface area contributed by atoms with E-state index in [1.165, 1.54) is 21.5 Å². The molecule has 56 heavy (non-hydrogen) atoms. The van der Waals surface area contributed by atoms with Crippen molar-refractivity contribution in [3.05, 3.63) is 200 Å². The Labute approximate surface area is 323 Å². The molecule has 0 unspecified atom stereocenters. The standard InChI is InChI=1S/C51H33N5/c1-3-17-34(18-4-1)37-32-31-36(33-48(37)56-45-28-14-9-23-40(45)41-24-10-15-29-46(41)56)50-52-49(35-19-5-2-6-20-35)53-51(54-50)42-25-11-16-30-47(42)55-43-26-12-7-21-38(43)39-22-8-13-27-44(39)55/h1-33H. The first-order valence-electron chi connectivity index (χ1n) is 18.9. The maximum atomic E-state index is 5.33. The number of nitrogens with zero attached hydrogens (tertiary/aromatic N) is 5. The van der Waals surface area contributed by atoms with Gasteiger partial charge >= 0.3 is 0 Å². The monoisotopic (exact) mass is 715 g/mol. The predicted molar refractivity (Wildman–Crippen MR) is 230 cm³/mol. The van der Waals surface area contributed by atoms with E-state index in [1.54, 1.807) is 0 Å². The van der Waals surface area contributed by atoms with Crippen LogP contribution >= 0.6 is 0 Å². The van der Waals surface area contributed by atoms with Crippen molar-refractivity contribution in [3.63, 3.8) is 0 Å². The van der Waals surface area contributed by atoms with E-state index in [4.69, 9.17) is 15.0 Å². The molecule has 0 aliphatic heterocycles.